The van der Waals surface area contributed by atoms with Gasteiger partial charge in [0.05, 0.1) is 5.52 Å². The Morgan fingerprint density at radius 2 is 1.83 bits per heavy atom. The lowest BCUT2D eigenvalue weighted by atomic mass is 9.75. The highest BCUT2D eigenvalue weighted by molar-refractivity contribution is 6.30. The van der Waals surface area contributed by atoms with Crippen LogP contribution in [0.3, 0.4) is 0 Å². The number of rotatable bonds is 4. The van der Waals surface area contributed by atoms with Crippen molar-refractivity contribution in [3.05, 3.63) is 76.7 Å². The predicted molar refractivity (Wildman–Crippen MR) is 115 cm³/mol. The van der Waals surface area contributed by atoms with Crippen LogP contribution in [0.1, 0.15) is 54.4 Å². The van der Waals surface area contributed by atoms with Gasteiger partial charge in [0, 0.05) is 28.2 Å². The number of aromatic nitrogens is 1. The molecule has 1 heterocycles. The van der Waals surface area contributed by atoms with Gasteiger partial charge in [-0.15, -0.1) is 0 Å². The highest BCUT2D eigenvalue weighted by atomic mass is 35.5. The van der Waals surface area contributed by atoms with E-state index in [1.165, 1.54) is 11.6 Å². The summed E-state index contributed by atoms with van der Waals surface area (Å²) in [6, 6.07) is 13.9. The first-order chi connectivity index (χ1) is 14.0. The number of amides is 1. The second-order valence-corrected chi connectivity index (χ2v) is 8.38. The topological polar surface area (TPSA) is 42.0 Å². The second-order valence-electron chi connectivity index (χ2n) is 7.94. The summed E-state index contributed by atoms with van der Waals surface area (Å²) < 4.78 is 13.8. The van der Waals surface area contributed by atoms with Gasteiger partial charge in [-0.2, -0.15) is 0 Å². The summed E-state index contributed by atoms with van der Waals surface area (Å²) in [6.45, 7) is 2.08. The summed E-state index contributed by atoms with van der Waals surface area (Å²) in [6.07, 6.45) is 5.94. The number of carbonyl (C=O) groups excluding carboxylic acids is 1. The molecule has 0 unspecified atom stereocenters. The van der Waals surface area contributed by atoms with Crippen LogP contribution in [0, 0.1) is 11.7 Å². The van der Waals surface area contributed by atoms with Crippen LogP contribution in [0.4, 0.5) is 4.39 Å². The molecule has 3 aromatic rings. The average Bonchev–Trinajstić information content (AvgIpc) is 2.74. The Morgan fingerprint density at radius 1 is 1.10 bits per heavy atom. The maximum absolute atomic E-state index is 13.8. The molecule has 1 saturated carbocycles. The van der Waals surface area contributed by atoms with E-state index in [0.29, 0.717) is 22.4 Å². The van der Waals surface area contributed by atoms with Crippen LogP contribution in [0.15, 0.2) is 54.7 Å². The Hall–Kier alpha value is -2.46. The van der Waals surface area contributed by atoms with E-state index in [0.717, 1.165) is 36.6 Å². The number of halogens is 2. The predicted octanol–water partition coefficient (Wildman–Crippen LogP) is 6.12. The number of fused-ring (bicyclic) bond motifs is 1. The number of pyridine rings is 1. The quantitative estimate of drug-likeness (QED) is 0.563. The van der Waals surface area contributed by atoms with Gasteiger partial charge in [0.1, 0.15) is 5.82 Å². The number of carbonyl (C=O) groups is 1. The van der Waals surface area contributed by atoms with Crippen molar-refractivity contribution < 1.29 is 9.18 Å². The molecule has 3 nitrogen and oxygen atoms in total. The maximum Gasteiger partial charge on any atom is 0.251 e. The number of hydrogen-bond donors (Lipinski definition) is 1. The van der Waals surface area contributed by atoms with Gasteiger partial charge in [-0.25, -0.2) is 4.39 Å². The Kier molecular flexibility index (Phi) is 5.81. The van der Waals surface area contributed by atoms with Crippen molar-refractivity contribution in [2.24, 2.45) is 5.92 Å². The van der Waals surface area contributed by atoms with E-state index in [4.69, 9.17) is 11.6 Å². The molecule has 5 heteroatoms. The van der Waals surface area contributed by atoms with Gasteiger partial charge in [0.25, 0.3) is 5.91 Å². The summed E-state index contributed by atoms with van der Waals surface area (Å²) in [5.74, 6) is 0.552. The zero-order chi connectivity index (χ0) is 20.4. The van der Waals surface area contributed by atoms with E-state index in [-0.39, 0.29) is 17.8 Å². The molecular weight excluding hydrogens is 387 g/mol. The molecule has 1 aromatic heterocycles. The number of nitrogens with one attached hydrogen (secondary N) is 1. The molecule has 2 aromatic carbocycles. The lowest BCUT2D eigenvalue weighted by Gasteiger charge is -2.33. The van der Waals surface area contributed by atoms with Crippen LogP contribution in [-0.4, -0.2) is 16.9 Å². The highest BCUT2D eigenvalue weighted by Crippen LogP contribution is 2.39. The van der Waals surface area contributed by atoms with Crippen LogP contribution >= 0.6 is 11.6 Å². The third-order valence-corrected chi connectivity index (χ3v) is 6.37. The summed E-state index contributed by atoms with van der Waals surface area (Å²) >= 11 is 5.90. The normalized spacial score (nSPS) is 20.4. The standard InChI is InChI=1S/C24H24ClFN2O/c1-15(28-24(29)18-6-8-19(25)9-7-18)16-2-4-17(5-3-16)21-12-13-27-23-11-10-20(26)14-22(21)23/h6-17H,2-5H2,1H3,(H,28,29)/t15-,16?,17?/m1/s1. The summed E-state index contributed by atoms with van der Waals surface area (Å²) in [7, 11) is 0. The Balaban J connectivity index is 1.40. The molecular formula is C24H24ClFN2O. The van der Waals surface area contributed by atoms with Gasteiger partial charge in [-0.1, -0.05) is 11.6 Å². The van der Waals surface area contributed by atoms with Gasteiger partial charge in [-0.3, -0.25) is 9.78 Å². The van der Waals surface area contributed by atoms with E-state index in [1.54, 1.807) is 36.4 Å². The van der Waals surface area contributed by atoms with Crippen LogP contribution < -0.4 is 5.32 Å². The smallest absolute Gasteiger partial charge is 0.251 e. The first-order valence-electron chi connectivity index (χ1n) is 10.1. The molecule has 1 amide bonds. The van der Waals surface area contributed by atoms with Gasteiger partial charge in [0.15, 0.2) is 0 Å². The van der Waals surface area contributed by atoms with Crippen molar-refractivity contribution >= 4 is 28.4 Å². The molecule has 0 aliphatic heterocycles. The third-order valence-electron chi connectivity index (χ3n) is 6.12. The SMILES string of the molecule is C[C@@H](NC(=O)c1ccc(Cl)cc1)C1CCC(c2ccnc3ccc(F)cc23)CC1. The van der Waals surface area contributed by atoms with Gasteiger partial charge < -0.3 is 5.32 Å². The monoisotopic (exact) mass is 410 g/mol. The fraction of sp³-hybridized carbons (Fsp3) is 0.333. The molecule has 150 valence electrons. The highest BCUT2D eigenvalue weighted by Gasteiger charge is 2.28. The summed E-state index contributed by atoms with van der Waals surface area (Å²) in [4.78, 5) is 16.8. The van der Waals surface area contributed by atoms with E-state index in [2.05, 4.69) is 17.2 Å². The van der Waals surface area contributed by atoms with Crippen molar-refractivity contribution in [2.75, 3.05) is 0 Å². The zero-order valence-corrected chi connectivity index (χ0v) is 17.1. The number of benzene rings is 2. The van der Waals surface area contributed by atoms with Gasteiger partial charge in [-0.05, 0) is 98.5 Å². The molecule has 0 saturated heterocycles. The van der Waals surface area contributed by atoms with Crippen molar-refractivity contribution in [2.45, 2.75) is 44.6 Å². The Labute approximate surface area is 175 Å². The number of nitrogens with zero attached hydrogens (tertiary/aromatic N) is 1. The minimum atomic E-state index is -0.223. The fourth-order valence-electron chi connectivity index (χ4n) is 4.44. The Bertz CT molecular complexity index is 1010. The first-order valence-corrected chi connectivity index (χ1v) is 10.5. The molecule has 1 aliphatic rings. The number of hydrogen-bond acceptors (Lipinski definition) is 2. The lowest BCUT2D eigenvalue weighted by molar-refractivity contribution is 0.0918. The van der Waals surface area contributed by atoms with Crippen molar-refractivity contribution in [3.8, 4) is 0 Å². The fourth-order valence-corrected chi connectivity index (χ4v) is 4.56. The molecule has 0 radical (unpaired) electrons. The van der Waals surface area contributed by atoms with Crippen LogP contribution in [0.5, 0.6) is 0 Å². The second kappa shape index (κ2) is 8.50. The molecule has 0 spiro atoms. The molecule has 4 rings (SSSR count). The maximum atomic E-state index is 13.8. The minimum Gasteiger partial charge on any atom is -0.349 e. The van der Waals surface area contributed by atoms with E-state index < -0.39 is 0 Å². The van der Waals surface area contributed by atoms with Crippen LogP contribution in [0.25, 0.3) is 10.9 Å². The van der Waals surface area contributed by atoms with Crippen molar-refractivity contribution in [1.29, 1.82) is 0 Å². The molecule has 0 bridgehead atoms. The van der Waals surface area contributed by atoms with Gasteiger partial charge in [0.2, 0.25) is 0 Å². The molecule has 29 heavy (non-hydrogen) atoms. The van der Waals surface area contributed by atoms with Gasteiger partial charge >= 0.3 is 0 Å². The lowest BCUT2D eigenvalue weighted by Crippen LogP contribution is -2.39. The van der Waals surface area contributed by atoms with Crippen LogP contribution in [0.2, 0.25) is 5.02 Å². The van der Waals surface area contributed by atoms with Crippen LogP contribution in [-0.2, 0) is 0 Å². The van der Waals surface area contributed by atoms with Crippen molar-refractivity contribution in [3.63, 3.8) is 0 Å². The molecule has 1 atom stereocenters. The first kappa shape index (κ1) is 19.8. The molecule has 1 aliphatic carbocycles. The summed E-state index contributed by atoms with van der Waals surface area (Å²) in [5, 5.41) is 4.67. The largest absolute Gasteiger partial charge is 0.349 e. The molecule has 1 N–H and O–H groups in total. The van der Waals surface area contributed by atoms with Crippen molar-refractivity contribution in [1.82, 2.24) is 10.3 Å². The van der Waals surface area contributed by atoms with E-state index >= 15 is 0 Å². The van der Waals surface area contributed by atoms with E-state index in [9.17, 15) is 9.18 Å². The molecule has 1 fully saturated rings. The average molecular weight is 411 g/mol. The third kappa shape index (κ3) is 4.43. The Morgan fingerprint density at radius 3 is 2.55 bits per heavy atom. The minimum absolute atomic E-state index is 0.0631. The zero-order valence-electron chi connectivity index (χ0n) is 16.4. The van der Waals surface area contributed by atoms with E-state index in [1.807, 2.05) is 12.3 Å². The summed E-state index contributed by atoms with van der Waals surface area (Å²) in [5.41, 5.74) is 2.65.